The van der Waals surface area contributed by atoms with Crippen molar-refractivity contribution in [2.24, 2.45) is 0 Å². The van der Waals surface area contributed by atoms with Gasteiger partial charge < -0.3 is 24.7 Å². The van der Waals surface area contributed by atoms with Gasteiger partial charge in [-0.2, -0.15) is 0 Å². The lowest BCUT2D eigenvalue weighted by Crippen LogP contribution is -2.48. The number of benzene rings is 1. The summed E-state index contributed by atoms with van der Waals surface area (Å²) in [5, 5.41) is 7.64. The Labute approximate surface area is 208 Å². The molecule has 2 N–H and O–H groups in total. The van der Waals surface area contributed by atoms with Gasteiger partial charge in [-0.1, -0.05) is 31.0 Å². The molecule has 0 spiro atoms. The predicted octanol–water partition coefficient (Wildman–Crippen LogP) is 3.91. The fraction of sp³-hybridized carbons (Fsp3) is 0.346. The maximum Gasteiger partial charge on any atom is 0.287 e. The van der Waals surface area contributed by atoms with Gasteiger partial charge in [-0.25, -0.2) is 0 Å². The molecule has 2 heterocycles. The molecule has 0 unspecified atom stereocenters. The maximum atomic E-state index is 13.6. The Bertz CT molecular complexity index is 1120. The summed E-state index contributed by atoms with van der Waals surface area (Å²) in [6, 6.07) is 13.5. The largest absolute Gasteiger partial charge is 0.497 e. The van der Waals surface area contributed by atoms with Crippen LogP contribution in [0.15, 0.2) is 64.6 Å². The molecule has 1 saturated carbocycles. The molecule has 1 fully saturated rings. The first-order valence-corrected chi connectivity index (χ1v) is 12.5. The standard InChI is InChI=1S/C26H29N3O5S/c1-33-20-10-4-7-18(15-20)17-29(23(30)16-27-25(31)21-11-5-13-34-21)24(22-12-6-14-35-22)26(32)28-19-8-2-3-9-19/h4-7,10-15,19,24H,2-3,8-9,16-17H2,1H3,(H,27,31)(H,28,32)/t24-/m1/s1. The molecule has 0 radical (unpaired) electrons. The summed E-state index contributed by atoms with van der Waals surface area (Å²) in [6.45, 7) is -0.102. The minimum absolute atomic E-state index is 0.109. The number of hydrogen-bond acceptors (Lipinski definition) is 6. The summed E-state index contributed by atoms with van der Waals surface area (Å²) >= 11 is 1.42. The van der Waals surface area contributed by atoms with Gasteiger partial charge in [0.15, 0.2) is 5.76 Å². The van der Waals surface area contributed by atoms with Gasteiger partial charge in [-0.05, 0) is 54.1 Å². The van der Waals surface area contributed by atoms with Gasteiger partial charge in [0.05, 0.1) is 19.9 Å². The van der Waals surface area contributed by atoms with E-state index in [2.05, 4.69) is 10.6 Å². The predicted molar refractivity (Wildman–Crippen MR) is 132 cm³/mol. The number of methoxy groups -OCH3 is 1. The second kappa shape index (κ2) is 11.7. The van der Waals surface area contributed by atoms with E-state index in [4.69, 9.17) is 9.15 Å². The number of hydrogen-bond donors (Lipinski definition) is 2. The zero-order chi connectivity index (χ0) is 24.6. The van der Waals surface area contributed by atoms with Crippen molar-refractivity contribution in [2.75, 3.05) is 13.7 Å². The van der Waals surface area contributed by atoms with Gasteiger partial charge in [0, 0.05) is 17.5 Å². The average molecular weight is 496 g/mol. The molecule has 3 amide bonds. The summed E-state index contributed by atoms with van der Waals surface area (Å²) < 4.78 is 10.5. The first-order valence-electron chi connectivity index (χ1n) is 11.6. The van der Waals surface area contributed by atoms with E-state index in [1.165, 1.54) is 28.6 Å². The molecular formula is C26H29N3O5S. The Balaban J connectivity index is 1.60. The molecule has 4 rings (SSSR count). The molecule has 2 aromatic heterocycles. The van der Waals surface area contributed by atoms with Crippen molar-refractivity contribution in [1.82, 2.24) is 15.5 Å². The lowest BCUT2D eigenvalue weighted by molar-refractivity contribution is -0.141. The molecule has 184 valence electrons. The highest BCUT2D eigenvalue weighted by atomic mass is 32.1. The van der Waals surface area contributed by atoms with Gasteiger partial charge in [0.1, 0.15) is 11.8 Å². The van der Waals surface area contributed by atoms with Crippen LogP contribution >= 0.6 is 11.3 Å². The van der Waals surface area contributed by atoms with Gasteiger partial charge in [0.2, 0.25) is 11.8 Å². The molecule has 8 nitrogen and oxygen atoms in total. The van der Waals surface area contributed by atoms with E-state index in [0.717, 1.165) is 36.1 Å². The number of ether oxygens (including phenoxy) is 1. The molecule has 0 bridgehead atoms. The third-order valence-corrected chi connectivity index (χ3v) is 6.95. The van der Waals surface area contributed by atoms with E-state index in [0.29, 0.717) is 5.75 Å². The first kappa shape index (κ1) is 24.5. The highest BCUT2D eigenvalue weighted by molar-refractivity contribution is 7.10. The van der Waals surface area contributed by atoms with Gasteiger partial charge in [-0.3, -0.25) is 14.4 Å². The lowest BCUT2D eigenvalue weighted by atomic mass is 10.1. The SMILES string of the molecule is COc1cccc(CN(C(=O)CNC(=O)c2ccco2)[C@@H](C(=O)NC2CCCC2)c2cccs2)c1. The Morgan fingerprint density at radius 2 is 1.97 bits per heavy atom. The van der Waals surface area contributed by atoms with Crippen LogP contribution in [-0.4, -0.2) is 42.3 Å². The Morgan fingerprint density at radius 1 is 1.14 bits per heavy atom. The fourth-order valence-electron chi connectivity index (χ4n) is 4.26. The van der Waals surface area contributed by atoms with Crippen LogP contribution in [0.4, 0.5) is 0 Å². The number of rotatable bonds is 10. The summed E-state index contributed by atoms with van der Waals surface area (Å²) in [7, 11) is 1.58. The van der Waals surface area contributed by atoms with E-state index in [1.807, 2.05) is 41.8 Å². The van der Waals surface area contributed by atoms with Gasteiger partial charge in [-0.15, -0.1) is 11.3 Å². The van der Waals surface area contributed by atoms with Gasteiger partial charge >= 0.3 is 0 Å². The number of amides is 3. The van der Waals surface area contributed by atoms with Crippen molar-refractivity contribution in [2.45, 2.75) is 44.3 Å². The molecule has 1 aliphatic carbocycles. The number of carbonyl (C=O) groups excluding carboxylic acids is 3. The minimum Gasteiger partial charge on any atom is -0.497 e. The van der Waals surface area contributed by atoms with Crippen LogP contribution in [0.5, 0.6) is 5.75 Å². The van der Waals surface area contributed by atoms with Crippen LogP contribution < -0.4 is 15.4 Å². The number of nitrogens with one attached hydrogen (secondary N) is 2. The zero-order valence-electron chi connectivity index (χ0n) is 19.6. The van der Waals surface area contributed by atoms with Crippen LogP contribution in [0.3, 0.4) is 0 Å². The van der Waals surface area contributed by atoms with Crippen molar-refractivity contribution in [1.29, 1.82) is 0 Å². The number of furan rings is 1. The summed E-state index contributed by atoms with van der Waals surface area (Å²) in [6.07, 6.45) is 5.43. The molecule has 3 aromatic rings. The van der Waals surface area contributed by atoms with Crippen LogP contribution in [0, 0.1) is 0 Å². The Hall–Kier alpha value is -3.59. The van der Waals surface area contributed by atoms with E-state index in [9.17, 15) is 14.4 Å². The second-order valence-electron chi connectivity index (χ2n) is 8.44. The summed E-state index contributed by atoms with van der Waals surface area (Å²) in [4.78, 5) is 41.7. The van der Waals surface area contributed by atoms with E-state index in [-0.39, 0.29) is 36.7 Å². The third kappa shape index (κ3) is 6.30. The van der Waals surface area contributed by atoms with Crippen molar-refractivity contribution in [3.05, 3.63) is 76.4 Å². The van der Waals surface area contributed by atoms with Crippen molar-refractivity contribution in [3.63, 3.8) is 0 Å². The van der Waals surface area contributed by atoms with Crippen LogP contribution in [-0.2, 0) is 16.1 Å². The molecule has 35 heavy (non-hydrogen) atoms. The lowest BCUT2D eigenvalue weighted by Gasteiger charge is -2.31. The molecule has 1 aromatic carbocycles. The smallest absolute Gasteiger partial charge is 0.287 e. The van der Waals surface area contributed by atoms with E-state index in [1.54, 1.807) is 13.2 Å². The molecule has 0 aliphatic heterocycles. The van der Waals surface area contributed by atoms with Crippen LogP contribution in [0.25, 0.3) is 0 Å². The fourth-order valence-corrected chi connectivity index (χ4v) is 5.10. The zero-order valence-corrected chi connectivity index (χ0v) is 20.4. The Kier molecular flexibility index (Phi) is 8.20. The Morgan fingerprint density at radius 3 is 2.66 bits per heavy atom. The number of carbonyl (C=O) groups is 3. The monoisotopic (exact) mass is 495 g/mol. The highest BCUT2D eigenvalue weighted by Gasteiger charge is 2.34. The quantitative estimate of drug-likeness (QED) is 0.444. The van der Waals surface area contributed by atoms with Gasteiger partial charge in [0.25, 0.3) is 5.91 Å². The van der Waals surface area contributed by atoms with E-state index < -0.39 is 11.9 Å². The van der Waals surface area contributed by atoms with Crippen molar-refractivity contribution < 1.29 is 23.5 Å². The molecule has 9 heteroatoms. The highest BCUT2D eigenvalue weighted by Crippen LogP contribution is 2.29. The van der Waals surface area contributed by atoms with Crippen molar-refractivity contribution in [3.8, 4) is 5.75 Å². The van der Waals surface area contributed by atoms with Crippen LogP contribution in [0.1, 0.15) is 52.7 Å². The topological polar surface area (TPSA) is 101 Å². The average Bonchev–Trinajstić information content (AvgIpc) is 3.66. The molecule has 1 atom stereocenters. The summed E-state index contributed by atoms with van der Waals surface area (Å²) in [5.74, 6) is -0.316. The first-order chi connectivity index (χ1) is 17.0. The normalized spacial score (nSPS) is 14.3. The maximum absolute atomic E-state index is 13.6. The number of thiophene rings is 1. The summed E-state index contributed by atoms with van der Waals surface area (Å²) in [5.41, 5.74) is 0.810. The molecule has 1 aliphatic rings. The second-order valence-corrected chi connectivity index (χ2v) is 9.42. The number of nitrogens with zero attached hydrogens (tertiary/aromatic N) is 1. The van der Waals surface area contributed by atoms with Crippen LogP contribution in [0.2, 0.25) is 0 Å². The molecule has 0 saturated heterocycles. The third-order valence-electron chi connectivity index (χ3n) is 6.03. The molecular weight excluding hydrogens is 466 g/mol. The van der Waals surface area contributed by atoms with Crippen molar-refractivity contribution >= 4 is 29.1 Å². The minimum atomic E-state index is -0.824. The van der Waals surface area contributed by atoms with E-state index >= 15 is 0 Å².